The van der Waals surface area contributed by atoms with Gasteiger partial charge in [-0.3, -0.25) is 0 Å². The second-order valence-electron chi connectivity index (χ2n) is 3.67. The number of nitrogens with two attached hydrogens (primary N) is 1. The number of methoxy groups -OCH3 is 2. The average Bonchev–Trinajstić information content (AvgIpc) is 2.29. The summed E-state index contributed by atoms with van der Waals surface area (Å²) in [5.74, 6) is 0. The Morgan fingerprint density at radius 2 is 2.00 bits per heavy atom. The van der Waals surface area contributed by atoms with E-state index in [-0.39, 0.29) is 6.29 Å². The molecule has 0 aliphatic rings. The second-order valence-corrected chi connectivity index (χ2v) is 3.67. The van der Waals surface area contributed by atoms with Crippen LogP contribution in [0.2, 0.25) is 0 Å². The topological polar surface area (TPSA) is 58.6 Å². The van der Waals surface area contributed by atoms with E-state index in [1.165, 1.54) is 5.56 Å². The van der Waals surface area contributed by atoms with Crippen LogP contribution in [0.15, 0.2) is 18.2 Å². The molecule has 0 atom stereocenters. The Morgan fingerprint density at radius 3 is 2.62 bits per heavy atom. The molecule has 1 radical (unpaired) electrons. The van der Waals surface area contributed by atoms with Crippen molar-refractivity contribution in [3.8, 4) is 0 Å². The molecule has 0 saturated heterocycles. The summed E-state index contributed by atoms with van der Waals surface area (Å²) in [7, 11) is 3.20. The molecule has 1 rings (SSSR count). The molecule has 4 heteroatoms. The molecular formula is C12H19N2O2. The van der Waals surface area contributed by atoms with Gasteiger partial charge in [-0.25, -0.2) is 5.32 Å². The van der Waals surface area contributed by atoms with E-state index >= 15 is 0 Å². The van der Waals surface area contributed by atoms with Crippen molar-refractivity contribution in [1.29, 1.82) is 0 Å². The van der Waals surface area contributed by atoms with Crippen LogP contribution in [0.25, 0.3) is 0 Å². The van der Waals surface area contributed by atoms with Crippen LogP contribution in [0.3, 0.4) is 0 Å². The lowest BCUT2D eigenvalue weighted by Crippen LogP contribution is -2.25. The zero-order chi connectivity index (χ0) is 12.0. The highest BCUT2D eigenvalue weighted by atomic mass is 16.7. The van der Waals surface area contributed by atoms with E-state index in [4.69, 9.17) is 15.2 Å². The zero-order valence-electron chi connectivity index (χ0n) is 10.1. The molecule has 0 heterocycles. The molecule has 0 bridgehead atoms. The van der Waals surface area contributed by atoms with Crippen LogP contribution in [0.5, 0.6) is 0 Å². The lowest BCUT2D eigenvalue weighted by atomic mass is 10.1. The molecule has 0 saturated carbocycles. The quantitative estimate of drug-likeness (QED) is 0.584. The van der Waals surface area contributed by atoms with Gasteiger partial charge in [-0.2, -0.15) is 0 Å². The SMILES string of the molecule is COC(C[N]Cc1cc(C)ccc1N)OC. The molecule has 1 aromatic carbocycles. The predicted molar refractivity (Wildman–Crippen MR) is 64.1 cm³/mol. The highest BCUT2D eigenvalue weighted by Crippen LogP contribution is 2.13. The van der Waals surface area contributed by atoms with Gasteiger partial charge in [0.2, 0.25) is 0 Å². The number of rotatable bonds is 6. The van der Waals surface area contributed by atoms with E-state index in [1.807, 2.05) is 25.1 Å². The number of nitrogen functional groups attached to an aromatic ring is 1. The minimum absolute atomic E-state index is 0.272. The summed E-state index contributed by atoms with van der Waals surface area (Å²) in [6.07, 6.45) is -0.272. The molecule has 2 N–H and O–H groups in total. The van der Waals surface area contributed by atoms with Crippen molar-refractivity contribution in [3.05, 3.63) is 29.3 Å². The van der Waals surface area contributed by atoms with E-state index < -0.39 is 0 Å². The third kappa shape index (κ3) is 3.81. The van der Waals surface area contributed by atoms with Crippen molar-refractivity contribution in [2.45, 2.75) is 19.8 Å². The zero-order valence-corrected chi connectivity index (χ0v) is 10.1. The molecule has 4 nitrogen and oxygen atoms in total. The molecule has 1 aromatic rings. The number of aryl methyl sites for hydroxylation is 1. The smallest absolute Gasteiger partial charge is 0.170 e. The van der Waals surface area contributed by atoms with Crippen LogP contribution in [0, 0.1) is 6.92 Å². The first-order chi connectivity index (χ1) is 7.67. The second kappa shape index (κ2) is 6.48. The van der Waals surface area contributed by atoms with Crippen molar-refractivity contribution in [1.82, 2.24) is 5.32 Å². The van der Waals surface area contributed by atoms with Crippen LogP contribution < -0.4 is 11.1 Å². The summed E-state index contributed by atoms with van der Waals surface area (Å²) in [6, 6.07) is 5.95. The van der Waals surface area contributed by atoms with Gasteiger partial charge >= 0.3 is 0 Å². The normalized spacial score (nSPS) is 11.0. The lowest BCUT2D eigenvalue weighted by molar-refractivity contribution is -0.0993. The van der Waals surface area contributed by atoms with Gasteiger partial charge in [0, 0.05) is 26.5 Å². The molecule has 0 amide bonds. The van der Waals surface area contributed by atoms with Crippen molar-refractivity contribution >= 4 is 5.69 Å². The molecule has 0 aliphatic heterocycles. The molecular weight excluding hydrogens is 204 g/mol. The molecule has 89 valence electrons. The van der Waals surface area contributed by atoms with E-state index in [9.17, 15) is 0 Å². The van der Waals surface area contributed by atoms with Crippen LogP contribution in [0.1, 0.15) is 11.1 Å². The first-order valence-corrected chi connectivity index (χ1v) is 5.21. The highest BCUT2D eigenvalue weighted by Gasteiger charge is 2.06. The summed E-state index contributed by atoms with van der Waals surface area (Å²) in [5, 5.41) is 4.36. The Morgan fingerprint density at radius 1 is 1.31 bits per heavy atom. The number of ether oxygens (including phenoxy) is 2. The summed E-state index contributed by atoms with van der Waals surface area (Å²) in [6.45, 7) is 3.15. The molecule has 16 heavy (non-hydrogen) atoms. The Balaban J connectivity index is 2.45. The largest absolute Gasteiger partial charge is 0.398 e. The Kier molecular flexibility index (Phi) is 5.25. The van der Waals surface area contributed by atoms with Gasteiger partial charge < -0.3 is 15.2 Å². The van der Waals surface area contributed by atoms with Crippen molar-refractivity contribution in [3.63, 3.8) is 0 Å². The maximum Gasteiger partial charge on any atom is 0.170 e. The van der Waals surface area contributed by atoms with E-state index in [1.54, 1.807) is 14.2 Å². The van der Waals surface area contributed by atoms with Gasteiger partial charge in [-0.15, -0.1) is 0 Å². The van der Waals surface area contributed by atoms with Crippen molar-refractivity contribution in [2.24, 2.45) is 0 Å². The first-order valence-electron chi connectivity index (χ1n) is 5.21. The van der Waals surface area contributed by atoms with Gasteiger partial charge in [0.1, 0.15) is 0 Å². The monoisotopic (exact) mass is 223 g/mol. The van der Waals surface area contributed by atoms with Crippen LogP contribution in [0.4, 0.5) is 5.69 Å². The molecule has 0 aromatic heterocycles. The average molecular weight is 223 g/mol. The first kappa shape index (κ1) is 13.0. The maximum atomic E-state index is 5.85. The van der Waals surface area contributed by atoms with Crippen molar-refractivity contribution in [2.75, 3.05) is 26.5 Å². The van der Waals surface area contributed by atoms with E-state index in [0.717, 1.165) is 11.3 Å². The van der Waals surface area contributed by atoms with Gasteiger partial charge in [-0.05, 0) is 18.6 Å². The fraction of sp³-hybridized carbons (Fsp3) is 0.500. The summed E-state index contributed by atoms with van der Waals surface area (Å²) >= 11 is 0. The third-order valence-electron chi connectivity index (χ3n) is 2.38. The minimum atomic E-state index is -0.272. The van der Waals surface area contributed by atoms with Gasteiger partial charge in [0.05, 0.1) is 6.54 Å². The third-order valence-corrected chi connectivity index (χ3v) is 2.38. The van der Waals surface area contributed by atoms with Crippen LogP contribution in [-0.4, -0.2) is 27.1 Å². The number of hydrogen-bond acceptors (Lipinski definition) is 3. The standard InChI is InChI=1S/C12H19N2O2/c1-9-4-5-11(13)10(6-9)7-14-8-12(15-2)16-3/h4-6,12H,7-8,13H2,1-3H3. The lowest BCUT2D eigenvalue weighted by Gasteiger charge is -2.13. The van der Waals surface area contributed by atoms with Gasteiger partial charge in [0.15, 0.2) is 6.29 Å². The van der Waals surface area contributed by atoms with Crippen LogP contribution >= 0.6 is 0 Å². The van der Waals surface area contributed by atoms with E-state index in [0.29, 0.717) is 13.1 Å². The number of hydrogen-bond donors (Lipinski definition) is 1. The van der Waals surface area contributed by atoms with Gasteiger partial charge in [0.25, 0.3) is 0 Å². The summed E-state index contributed by atoms with van der Waals surface area (Å²) in [5.41, 5.74) is 8.86. The predicted octanol–water partition coefficient (Wildman–Crippen LogP) is 1.30. The van der Waals surface area contributed by atoms with Crippen molar-refractivity contribution < 1.29 is 9.47 Å². The maximum absolute atomic E-state index is 5.85. The number of nitrogens with zero attached hydrogens (tertiary/aromatic N) is 1. The van der Waals surface area contributed by atoms with Gasteiger partial charge in [-0.1, -0.05) is 17.7 Å². The minimum Gasteiger partial charge on any atom is -0.398 e. The fourth-order valence-electron chi connectivity index (χ4n) is 1.41. The molecule has 0 aliphatic carbocycles. The number of benzene rings is 1. The fourth-order valence-corrected chi connectivity index (χ4v) is 1.41. The van der Waals surface area contributed by atoms with E-state index in [2.05, 4.69) is 5.32 Å². The summed E-state index contributed by atoms with van der Waals surface area (Å²) < 4.78 is 10.1. The number of anilines is 1. The summed E-state index contributed by atoms with van der Waals surface area (Å²) in [4.78, 5) is 0. The Bertz CT molecular complexity index is 325. The molecule has 0 spiro atoms. The highest BCUT2D eigenvalue weighted by molar-refractivity contribution is 5.48. The molecule has 0 unspecified atom stereocenters. The molecule has 0 fully saturated rings. The Labute approximate surface area is 96.7 Å². The van der Waals surface area contributed by atoms with Crippen LogP contribution in [-0.2, 0) is 16.0 Å². The Hall–Kier alpha value is -1.10.